The Kier molecular flexibility index (Phi) is 4.44. The zero-order valence-electron chi connectivity index (χ0n) is 12.0. The maximum absolute atomic E-state index is 12.9. The average Bonchev–Trinajstić information content (AvgIpc) is 2.37. The molecule has 0 spiro atoms. The van der Waals surface area contributed by atoms with E-state index in [0.29, 0.717) is 0 Å². The summed E-state index contributed by atoms with van der Waals surface area (Å²) in [5.74, 6) is -0.672. The third-order valence-electron chi connectivity index (χ3n) is 3.24. The molecule has 0 aliphatic rings. The van der Waals surface area contributed by atoms with E-state index in [9.17, 15) is 12.8 Å². The normalized spacial score (nSPS) is 13.1. The summed E-state index contributed by atoms with van der Waals surface area (Å²) in [7, 11) is -3.54. The van der Waals surface area contributed by atoms with Crippen LogP contribution in [0.2, 0.25) is 0 Å². The Bertz CT molecular complexity index is 719. The van der Waals surface area contributed by atoms with Crippen LogP contribution in [0.1, 0.15) is 22.7 Å². The van der Waals surface area contributed by atoms with Gasteiger partial charge in [0.2, 0.25) is 0 Å². The summed E-state index contributed by atoms with van der Waals surface area (Å²) in [4.78, 5) is 0.0868. The highest BCUT2D eigenvalue weighted by atomic mass is 32.2. The van der Waals surface area contributed by atoms with Crippen molar-refractivity contribution < 1.29 is 12.8 Å². The van der Waals surface area contributed by atoms with Crippen molar-refractivity contribution in [1.29, 1.82) is 0 Å². The number of sulfone groups is 1. The van der Waals surface area contributed by atoms with E-state index >= 15 is 0 Å². The van der Waals surface area contributed by atoms with Gasteiger partial charge in [0.25, 0.3) is 0 Å². The molecule has 0 aliphatic carbocycles. The quantitative estimate of drug-likeness (QED) is 0.884. The summed E-state index contributed by atoms with van der Waals surface area (Å²) < 4.78 is 37.5. The van der Waals surface area contributed by atoms with Gasteiger partial charge in [-0.2, -0.15) is 0 Å². The molecule has 2 aromatic carbocycles. The Hall–Kier alpha value is -1.72. The number of hydrogen-bond acceptors (Lipinski definition) is 3. The number of halogens is 1. The van der Waals surface area contributed by atoms with Crippen molar-refractivity contribution in [3.05, 3.63) is 65.0 Å². The zero-order valence-corrected chi connectivity index (χ0v) is 12.8. The van der Waals surface area contributed by atoms with Crippen LogP contribution < -0.4 is 5.73 Å². The van der Waals surface area contributed by atoms with Gasteiger partial charge in [0.05, 0.1) is 10.6 Å². The lowest BCUT2D eigenvalue weighted by Crippen LogP contribution is -2.22. The summed E-state index contributed by atoms with van der Waals surface area (Å²) >= 11 is 0. The van der Waals surface area contributed by atoms with E-state index in [1.807, 2.05) is 32.0 Å². The van der Waals surface area contributed by atoms with Gasteiger partial charge < -0.3 is 5.73 Å². The molecule has 0 aliphatic heterocycles. The number of nitrogens with two attached hydrogens (primary N) is 1. The lowest BCUT2D eigenvalue weighted by Gasteiger charge is -2.14. The minimum Gasteiger partial charge on any atom is -0.323 e. The predicted octanol–water partition coefficient (Wildman–Crippen LogP) is 2.92. The molecule has 1 unspecified atom stereocenters. The molecule has 3 nitrogen and oxygen atoms in total. The third kappa shape index (κ3) is 3.89. The third-order valence-corrected chi connectivity index (χ3v) is 5.03. The fraction of sp³-hybridized carbons (Fsp3) is 0.250. The number of rotatable bonds is 4. The Balaban J connectivity index is 2.25. The van der Waals surface area contributed by atoms with E-state index in [1.165, 1.54) is 12.1 Å². The van der Waals surface area contributed by atoms with Crippen molar-refractivity contribution >= 4 is 9.84 Å². The predicted molar refractivity (Wildman–Crippen MR) is 81.3 cm³/mol. The molecule has 0 saturated heterocycles. The largest absolute Gasteiger partial charge is 0.323 e. The van der Waals surface area contributed by atoms with E-state index in [0.717, 1.165) is 28.8 Å². The van der Waals surface area contributed by atoms with Crippen LogP contribution in [0.5, 0.6) is 0 Å². The second-order valence-electron chi connectivity index (χ2n) is 5.26. The molecule has 2 rings (SSSR count). The first-order chi connectivity index (χ1) is 9.78. The monoisotopic (exact) mass is 307 g/mol. The molecule has 0 heterocycles. The van der Waals surface area contributed by atoms with Gasteiger partial charge in [0.15, 0.2) is 9.84 Å². The Morgan fingerprint density at radius 2 is 1.57 bits per heavy atom. The van der Waals surface area contributed by atoms with Crippen molar-refractivity contribution in [2.24, 2.45) is 5.73 Å². The standard InChI is InChI=1S/C16H18FNO2S/c1-11-7-12(2)9-13(8-11)16(18)10-21(19,20)15-5-3-14(17)4-6-15/h3-9,16H,10,18H2,1-2H3. The van der Waals surface area contributed by atoms with Crippen molar-refractivity contribution in [3.8, 4) is 0 Å². The molecule has 0 bridgehead atoms. The molecule has 1 atom stereocenters. The minimum atomic E-state index is -3.54. The SMILES string of the molecule is Cc1cc(C)cc(C(N)CS(=O)(=O)c2ccc(F)cc2)c1. The maximum atomic E-state index is 12.9. The van der Waals surface area contributed by atoms with Crippen LogP contribution in [0.3, 0.4) is 0 Å². The van der Waals surface area contributed by atoms with Crippen molar-refractivity contribution in [2.45, 2.75) is 24.8 Å². The van der Waals surface area contributed by atoms with Crippen molar-refractivity contribution in [2.75, 3.05) is 5.75 Å². The van der Waals surface area contributed by atoms with Crippen LogP contribution in [0.25, 0.3) is 0 Å². The first-order valence-electron chi connectivity index (χ1n) is 6.60. The fourth-order valence-corrected chi connectivity index (χ4v) is 3.70. The van der Waals surface area contributed by atoms with Gasteiger partial charge in [0, 0.05) is 6.04 Å². The molecule has 0 radical (unpaired) electrons. The summed E-state index contributed by atoms with van der Waals surface area (Å²) in [6.07, 6.45) is 0. The van der Waals surface area contributed by atoms with Crippen LogP contribution >= 0.6 is 0 Å². The molecule has 2 N–H and O–H groups in total. The van der Waals surface area contributed by atoms with Gasteiger partial charge in [-0.05, 0) is 43.7 Å². The van der Waals surface area contributed by atoms with Crippen LogP contribution in [-0.4, -0.2) is 14.2 Å². The summed E-state index contributed by atoms with van der Waals surface area (Å²) in [6, 6.07) is 9.96. The summed E-state index contributed by atoms with van der Waals surface area (Å²) in [5.41, 5.74) is 8.91. The molecule has 0 amide bonds. The second kappa shape index (κ2) is 5.95. The zero-order chi connectivity index (χ0) is 15.6. The summed E-state index contributed by atoms with van der Waals surface area (Å²) in [6.45, 7) is 3.88. The molecular formula is C16H18FNO2S. The molecule has 2 aromatic rings. The van der Waals surface area contributed by atoms with Gasteiger partial charge in [-0.15, -0.1) is 0 Å². The lowest BCUT2D eigenvalue weighted by molar-refractivity contribution is 0.587. The molecule has 5 heteroatoms. The molecular weight excluding hydrogens is 289 g/mol. The maximum Gasteiger partial charge on any atom is 0.180 e. The van der Waals surface area contributed by atoms with Gasteiger partial charge in [-0.25, -0.2) is 12.8 Å². The topological polar surface area (TPSA) is 60.2 Å². The fourth-order valence-electron chi connectivity index (χ4n) is 2.29. The van der Waals surface area contributed by atoms with Gasteiger partial charge in [0.1, 0.15) is 5.82 Å². The highest BCUT2D eigenvalue weighted by Gasteiger charge is 2.20. The van der Waals surface area contributed by atoms with Crippen molar-refractivity contribution in [1.82, 2.24) is 0 Å². The Morgan fingerprint density at radius 1 is 1.05 bits per heavy atom. The van der Waals surface area contributed by atoms with Crippen LogP contribution in [0.15, 0.2) is 47.4 Å². The second-order valence-corrected chi connectivity index (χ2v) is 7.30. The molecule has 21 heavy (non-hydrogen) atoms. The van der Waals surface area contributed by atoms with E-state index in [4.69, 9.17) is 5.73 Å². The first-order valence-corrected chi connectivity index (χ1v) is 8.25. The van der Waals surface area contributed by atoms with E-state index in [1.54, 1.807) is 0 Å². The average molecular weight is 307 g/mol. The van der Waals surface area contributed by atoms with E-state index < -0.39 is 21.7 Å². The van der Waals surface area contributed by atoms with Gasteiger partial charge in [-0.1, -0.05) is 29.3 Å². The Morgan fingerprint density at radius 3 is 2.10 bits per heavy atom. The molecule has 112 valence electrons. The highest BCUT2D eigenvalue weighted by molar-refractivity contribution is 7.91. The smallest absolute Gasteiger partial charge is 0.180 e. The first kappa shape index (κ1) is 15.7. The molecule has 0 saturated carbocycles. The molecule has 0 aromatic heterocycles. The van der Waals surface area contributed by atoms with Gasteiger partial charge in [-0.3, -0.25) is 0 Å². The highest BCUT2D eigenvalue weighted by Crippen LogP contribution is 2.20. The van der Waals surface area contributed by atoms with E-state index in [2.05, 4.69) is 0 Å². The number of benzene rings is 2. The number of hydrogen-bond donors (Lipinski definition) is 1. The summed E-state index contributed by atoms with van der Waals surface area (Å²) in [5, 5.41) is 0. The lowest BCUT2D eigenvalue weighted by atomic mass is 10.0. The van der Waals surface area contributed by atoms with Crippen LogP contribution in [0.4, 0.5) is 4.39 Å². The van der Waals surface area contributed by atoms with Crippen LogP contribution in [0, 0.1) is 19.7 Å². The van der Waals surface area contributed by atoms with Crippen molar-refractivity contribution in [3.63, 3.8) is 0 Å². The van der Waals surface area contributed by atoms with Gasteiger partial charge >= 0.3 is 0 Å². The molecule has 0 fully saturated rings. The minimum absolute atomic E-state index is 0.0868. The van der Waals surface area contributed by atoms with Crippen LogP contribution in [-0.2, 0) is 9.84 Å². The Labute approximate surface area is 124 Å². The number of aryl methyl sites for hydroxylation is 2. The van der Waals surface area contributed by atoms with E-state index in [-0.39, 0.29) is 10.6 Å².